The maximum absolute atomic E-state index is 14.0. The average Bonchev–Trinajstić information content (AvgIpc) is 3.25. The van der Waals surface area contributed by atoms with E-state index in [9.17, 15) is 27.2 Å². The summed E-state index contributed by atoms with van der Waals surface area (Å²) in [6.45, 7) is 4.46. The molecule has 4 heterocycles. The van der Waals surface area contributed by atoms with Crippen LogP contribution < -0.4 is 14.5 Å². The Morgan fingerprint density at radius 2 is 1.94 bits per heavy atom. The van der Waals surface area contributed by atoms with Gasteiger partial charge in [-0.2, -0.15) is 13.2 Å². The molecule has 3 aliphatic heterocycles. The van der Waals surface area contributed by atoms with Crippen LogP contribution in [0.25, 0.3) is 0 Å². The van der Waals surface area contributed by atoms with Crippen molar-refractivity contribution in [3.05, 3.63) is 46.4 Å². The molecular weight excluding hydrogens is 510 g/mol. The molecule has 0 saturated carbocycles. The number of hydrogen-bond donors (Lipinski definition) is 0. The second kappa shape index (κ2) is 8.29. The molecule has 8 nitrogen and oxygen atoms in total. The van der Waals surface area contributed by atoms with Crippen LogP contribution in [0.3, 0.4) is 0 Å². The Morgan fingerprint density at radius 3 is 2.64 bits per heavy atom. The number of amides is 2. The van der Waals surface area contributed by atoms with E-state index in [1.54, 1.807) is 13.8 Å². The van der Waals surface area contributed by atoms with Crippen LogP contribution in [0, 0.1) is 12.7 Å². The fourth-order valence-electron chi connectivity index (χ4n) is 4.70. The molecule has 0 aliphatic carbocycles. The Labute approximate surface area is 207 Å². The van der Waals surface area contributed by atoms with Crippen LogP contribution >= 0.6 is 11.6 Å². The number of fused-ring (bicyclic) bond motifs is 2. The number of hydrogen-bond acceptors (Lipinski definition) is 6. The minimum Gasteiger partial charge on any atom is -0.488 e. The number of anilines is 2. The Morgan fingerprint density at radius 1 is 1.22 bits per heavy atom. The molecule has 2 saturated heterocycles. The molecule has 2 amide bonds. The molecule has 1 aromatic carbocycles. The molecule has 192 valence electrons. The number of halogens is 5. The first-order chi connectivity index (χ1) is 16.8. The first-order valence-electron chi connectivity index (χ1n) is 11.0. The number of pyridine rings is 1. The van der Waals surface area contributed by atoms with Crippen LogP contribution in [0.2, 0.25) is 5.02 Å². The molecule has 0 N–H and O–H groups in total. The summed E-state index contributed by atoms with van der Waals surface area (Å²) in [5.41, 5.74) is -0.876. The van der Waals surface area contributed by atoms with Crippen LogP contribution in [0.4, 0.5) is 29.1 Å². The number of nitrogens with zero attached hydrogens (tertiary/aromatic N) is 3. The number of aryl methyl sites for hydroxylation is 1. The van der Waals surface area contributed by atoms with Gasteiger partial charge in [-0.1, -0.05) is 11.6 Å². The summed E-state index contributed by atoms with van der Waals surface area (Å²) >= 11 is 6.03. The number of ether oxygens (including phenoxy) is 3. The van der Waals surface area contributed by atoms with Gasteiger partial charge in [0, 0.05) is 5.69 Å². The third-order valence-electron chi connectivity index (χ3n) is 6.11. The predicted octanol–water partition coefficient (Wildman–Crippen LogP) is 3.86. The largest absolute Gasteiger partial charge is 0.488 e. The summed E-state index contributed by atoms with van der Waals surface area (Å²) in [6, 6.07) is 2.49. The molecule has 1 aromatic heterocycles. The Balaban J connectivity index is 1.61. The summed E-state index contributed by atoms with van der Waals surface area (Å²) < 4.78 is 71.6. The summed E-state index contributed by atoms with van der Waals surface area (Å²) in [7, 11) is 0. The van der Waals surface area contributed by atoms with Crippen molar-refractivity contribution in [3.8, 4) is 5.75 Å². The number of rotatable bonds is 2. The minimum absolute atomic E-state index is 0.00275. The average molecular weight is 530 g/mol. The van der Waals surface area contributed by atoms with E-state index in [0.717, 1.165) is 17.0 Å². The van der Waals surface area contributed by atoms with E-state index in [0.29, 0.717) is 6.07 Å². The van der Waals surface area contributed by atoms with Crippen LogP contribution in [-0.2, 0) is 25.2 Å². The highest BCUT2D eigenvalue weighted by molar-refractivity contribution is 6.33. The Bertz CT molecular complexity index is 1270. The van der Waals surface area contributed by atoms with Crippen molar-refractivity contribution in [1.82, 2.24) is 4.98 Å². The topological polar surface area (TPSA) is 81.2 Å². The van der Waals surface area contributed by atoms with Gasteiger partial charge in [-0.15, -0.1) is 0 Å². The summed E-state index contributed by atoms with van der Waals surface area (Å²) in [6.07, 6.45) is -7.10. The highest BCUT2D eigenvalue weighted by Gasteiger charge is 2.61. The SMILES string of the molecule is Cc1cc(C(F)(F)F)cc(N2C(=O)[C@H]3OC(C)(C)O[C@H]3[C@H]2C(=O)N2CCOc3c2ccc(F)c3Cl)n1. The third kappa shape index (κ3) is 3.97. The fourth-order valence-corrected chi connectivity index (χ4v) is 4.91. The lowest BCUT2D eigenvalue weighted by Gasteiger charge is -2.35. The quantitative estimate of drug-likeness (QED) is 0.550. The second-order valence-corrected chi connectivity index (χ2v) is 9.45. The van der Waals surface area contributed by atoms with Gasteiger partial charge in [-0.25, -0.2) is 9.37 Å². The summed E-state index contributed by atoms with van der Waals surface area (Å²) in [5.74, 6) is -3.85. The van der Waals surface area contributed by atoms with E-state index < -0.39 is 53.4 Å². The zero-order valence-electron chi connectivity index (χ0n) is 19.2. The van der Waals surface area contributed by atoms with Crippen molar-refractivity contribution in [2.24, 2.45) is 0 Å². The van der Waals surface area contributed by atoms with Crippen molar-refractivity contribution in [1.29, 1.82) is 0 Å². The zero-order valence-corrected chi connectivity index (χ0v) is 20.0. The molecule has 5 rings (SSSR count). The van der Waals surface area contributed by atoms with Gasteiger partial charge in [-0.3, -0.25) is 14.5 Å². The molecule has 3 atom stereocenters. The number of carbonyl (C=O) groups is 2. The van der Waals surface area contributed by atoms with E-state index in [2.05, 4.69) is 4.98 Å². The van der Waals surface area contributed by atoms with Crippen molar-refractivity contribution >= 4 is 34.9 Å². The molecule has 0 bridgehead atoms. The maximum Gasteiger partial charge on any atom is 0.416 e. The van der Waals surface area contributed by atoms with Gasteiger partial charge in [0.05, 0.1) is 17.8 Å². The van der Waals surface area contributed by atoms with Crippen LogP contribution in [0.1, 0.15) is 25.1 Å². The lowest BCUT2D eigenvalue weighted by molar-refractivity contribution is -0.161. The van der Waals surface area contributed by atoms with Crippen LogP contribution in [0.5, 0.6) is 5.75 Å². The predicted molar refractivity (Wildman–Crippen MR) is 118 cm³/mol. The lowest BCUT2D eigenvalue weighted by atomic mass is 10.1. The second-order valence-electron chi connectivity index (χ2n) is 9.07. The van der Waals surface area contributed by atoms with Gasteiger partial charge in [0.25, 0.3) is 11.8 Å². The fraction of sp³-hybridized carbons (Fsp3) is 0.435. The third-order valence-corrected chi connectivity index (χ3v) is 6.47. The van der Waals surface area contributed by atoms with Gasteiger partial charge in [-0.05, 0) is 45.0 Å². The minimum atomic E-state index is -4.71. The molecule has 2 aromatic rings. The molecule has 2 fully saturated rings. The van der Waals surface area contributed by atoms with Crippen LogP contribution in [-0.4, -0.2) is 54.0 Å². The molecule has 13 heteroatoms. The van der Waals surface area contributed by atoms with Gasteiger partial charge in [0.2, 0.25) is 0 Å². The van der Waals surface area contributed by atoms with Gasteiger partial charge >= 0.3 is 6.18 Å². The highest BCUT2D eigenvalue weighted by atomic mass is 35.5. The molecular formula is C23H20ClF4N3O5. The standard InChI is InChI=1S/C23H20ClF4N3O5/c1-10-8-11(23(26,27)28)9-14(29-10)31-16(18-19(21(31)33)36-22(2,3)35-18)20(32)30-6-7-34-17-13(30)5-4-12(25)15(17)24/h4-5,8-9,16,18-19H,6-7H2,1-3H3/t16-,18-,19-/m0/s1. The number of aromatic nitrogens is 1. The van der Waals surface area contributed by atoms with Gasteiger partial charge < -0.3 is 19.1 Å². The van der Waals surface area contributed by atoms with Crippen molar-refractivity contribution in [3.63, 3.8) is 0 Å². The molecule has 3 aliphatic rings. The van der Waals surface area contributed by atoms with E-state index in [4.69, 9.17) is 25.8 Å². The molecule has 36 heavy (non-hydrogen) atoms. The number of carbonyl (C=O) groups excluding carboxylic acids is 2. The van der Waals surface area contributed by atoms with E-state index in [1.807, 2.05) is 0 Å². The first-order valence-corrected chi connectivity index (χ1v) is 11.3. The monoisotopic (exact) mass is 529 g/mol. The van der Waals surface area contributed by atoms with Crippen molar-refractivity contribution in [2.45, 2.75) is 51.0 Å². The molecule has 0 unspecified atom stereocenters. The van der Waals surface area contributed by atoms with Crippen molar-refractivity contribution in [2.75, 3.05) is 23.0 Å². The zero-order chi connectivity index (χ0) is 26.2. The Kier molecular flexibility index (Phi) is 5.69. The maximum atomic E-state index is 14.0. The van der Waals surface area contributed by atoms with Gasteiger partial charge in [0.15, 0.2) is 17.6 Å². The first kappa shape index (κ1) is 24.7. The smallest absolute Gasteiger partial charge is 0.416 e. The highest BCUT2D eigenvalue weighted by Crippen LogP contribution is 2.44. The summed E-state index contributed by atoms with van der Waals surface area (Å²) in [4.78, 5) is 33.6. The lowest BCUT2D eigenvalue weighted by Crippen LogP contribution is -2.54. The molecule has 0 radical (unpaired) electrons. The van der Waals surface area contributed by atoms with E-state index in [-0.39, 0.29) is 41.1 Å². The van der Waals surface area contributed by atoms with Crippen molar-refractivity contribution < 1.29 is 41.4 Å². The van der Waals surface area contributed by atoms with E-state index >= 15 is 0 Å². The van der Waals surface area contributed by atoms with E-state index in [1.165, 1.54) is 17.9 Å². The number of benzene rings is 1. The normalized spacial score (nSPS) is 25.0. The van der Waals surface area contributed by atoms with Crippen LogP contribution in [0.15, 0.2) is 24.3 Å². The summed E-state index contributed by atoms with van der Waals surface area (Å²) in [5, 5.41) is -0.320. The number of alkyl halides is 3. The van der Waals surface area contributed by atoms with Gasteiger partial charge in [0.1, 0.15) is 35.4 Å². The Hall–Kier alpha value is -2.96. The molecule has 0 spiro atoms.